The molecule has 1 heterocycles. The van der Waals surface area contributed by atoms with Crippen LogP contribution in [0.25, 0.3) is 0 Å². The fourth-order valence-electron chi connectivity index (χ4n) is 1.80. The van der Waals surface area contributed by atoms with Crippen LogP contribution in [-0.4, -0.2) is 9.78 Å². The molecule has 0 spiro atoms. The van der Waals surface area contributed by atoms with E-state index in [0.29, 0.717) is 21.4 Å². The van der Waals surface area contributed by atoms with Gasteiger partial charge in [0, 0.05) is 22.6 Å². The molecule has 0 amide bonds. The van der Waals surface area contributed by atoms with Gasteiger partial charge in [0.15, 0.2) is 0 Å². The summed E-state index contributed by atoms with van der Waals surface area (Å²) in [5, 5.41) is 4.01. The number of hydrogen-bond acceptors (Lipinski definition) is 4. The van der Waals surface area contributed by atoms with E-state index < -0.39 is 11.9 Å². The molecule has 0 bridgehead atoms. The molecule has 19 heavy (non-hydrogen) atoms. The van der Waals surface area contributed by atoms with Gasteiger partial charge in [-0.15, -0.1) is 0 Å². The van der Waals surface area contributed by atoms with E-state index in [1.165, 1.54) is 10.9 Å². The van der Waals surface area contributed by atoms with Gasteiger partial charge < -0.3 is 5.73 Å². The zero-order chi connectivity index (χ0) is 14.2. The molecular formula is C11H12BrClFN5. The van der Waals surface area contributed by atoms with Crippen LogP contribution in [0.5, 0.6) is 0 Å². The predicted octanol–water partition coefficient (Wildman–Crippen LogP) is 2.11. The molecule has 0 saturated heterocycles. The van der Waals surface area contributed by atoms with E-state index in [2.05, 4.69) is 26.5 Å². The number of nitrogens with two attached hydrogens (primary N) is 2. The van der Waals surface area contributed by atoms with Gasteiger partial charge in [-0.1, -0.05) is 17.7 Å². The van der Waals surface area contributed by atoms with E-state index >= 15 is 0 Å². The summed E-state index contributed by atoms with van der Waals surface area (Å²) < 4.78 is 16.2. The van der Waals surface area contributed by atoms with E-state index in [0.717, 1.165) is 0 Å². The van der Waals surface area contributed by atoms with Crippen molar-refractivity contribution in [3.05, 3.63) is 44.8 Å². The predicted molar refractivity (Wildman–Crippen MR) is 75.9 cm³/mol. The molecule has 102 valence electrons. The first-order chi connectivity index (χ1) is 8.97. The summed E-state index contributed by atoms with van der Waals surface area (Å²) in [6.07, 6.45) is 1.54. The van der Waals surface area contributed by atoms with Gasteiger partial charge in [0.1, 0.15) is 11.6 Å². The van der Waals surface area contributed by atoms with Crippen LogP contribution in [0.15, 0.2) is 22.8 Å². The maximum Gasteiger partial charge on any atom is 0.148 e. The highest BCUT2D eigenvalue weighted by Gasteiger charge is 2.23. The molecule has 1 atom stereocenters. The van der Waals surface area contributed by atoms with E-state index in [4.69, 9.17) is 23.2 Å². The lowest BCUT2D eigenvalue weighted by Crippen LogP contribution is -2.30. The van der Waals surface area contributed by atoms with Crippen LogP contribution >= 0.6 is 27.5 Å². The highest BCUT2D eigenvalue weighted by Crippen LogP contribution is 2.33. The molecule has 2 rings (SSSR count). The molecule has 0 aliphatic rings. The van der Waals surface area contributed by atoms with Gasteiger partial charge in [-0.25, -0.2) is 9.82 Å². The number of aryl methyl sites for hydroxylation is 1. The summed E-state index contributed by atoms with van der Waals surface area (Å²) in [6, 6.07) is 2.61. The summed E-state index contributed by atoms with van der Waals surface area (Å²) in [5.41, 5.74) is 9.29. The molecule has 1 aromatic carbocycles. The summed E-state index contributed by atoms with van der Waals surface area (Å²) in [4.78, 5) is 0. The molecule has 5 nitrogen and oxygen atoms in total. The number of nitrogens with zero attached hydrogens (tertiary/aromatic N) is 2. The highest BCUT2D eigenvalue weighted by molar-refractivity contribution is 9.10. The number of anilines is 1. The van der Waals surface area contributed by atoms with Crippen LogP contribution in [0.3, 0.4) is 0 Å². The maximum absolute atomic E-state index is 14.2. The van der Waals surface area contributed by atoms with Crippen LogP contribution in [0.2, 0.25) is 5.02 Å². The minimum Gasteiger partial charge on any atom is -0.384 e. The Labute approximate surface area is 122 Å². The molecule has 2 aromatic rings. The largest absolute Gasteiger partial charge is 0.384 e. The third-order valence-electron chi connectivity index (χ3n) is 2.87. The lowest BCUT2D eigenvalue weighted by Gasteiger charge is -2.17. The fraction of sp³-hybridized carbons (Fsp3) is 0.182. The third kappa shape index (κ3) is 2.46. The van der Waals surface area contributed by atoms with Gasteiger partial charge in [-0.2, -0.15) is 5.10 Å². The van der Waals surface area contributed by atoms with Gasteiger partial charge in [-0.05, 0) is 22.0 Å². The van der Waals surface area contributed by atoms with E-state index in [-0.39, 0.29) is 5.02 Å². The molecule has 0 fully saturated rings. The summed E-state index contributed by atoms with van der Waals surface area (Å²) >= 11 is 9.04. The topological polar surface area (TPSA) is 81.9 Å². The highest BCUT2D eigenvalue weighted by atomic mass is 79.9. The van der Waals surface area contributed by atoms with Crippen molar-refractivity contribution < 1.29 is 4.39 Å². The Hall–Kier alpha value is -1.15. The average Bonchev–Trinajstić information content (AvgIpc) is 2.72. The van der Waals surface area contributed by atoms with Crippen molar-refractivity contribution in [2.24, 2.45) is 12.9 Å². The Morgan fingerprint density at radius 3 is 2.68 bits per heavy atom. The standard InChI is InChI=1S/C11H12BrClFN5/c1-19-11(15)6(4-17-19)10(18-16)5-2-3-7(12)8(13)9(5)14/h2-4,10,18H,15-16H2,1H3. The average molecular weight is 349 g/mol. The van der Waals surface area contributed by atoms with Crippen LogP contribution in [0, 0.1) is 5.82 Å². The Balaban J connectivity index is 2.55. The first kappa shape index (κ1) is 14.3. The second-order valence-electron chi connectivity index (χ2n) is 3.97. The normalized spacial score (nSPS) is 12.7. The van der Waals surface area contributed by atoms with Gasteiger partial charge in [0.05, 0.1) is 17.3 Å². The Morgan fingerprint density at radius 2 is 2.16 bits per heavy atom. The number of hydrogen-bond donors (Lipinski definition) is 3. The van der Waals surface area contributed by atoms with E-state index in [1.807, 2.05) is 0 Å². The lowest BCUT2D eigenvalue weighted by atomic mass is 10.0. The molecule has 0 saturated carbocycles. The van der Waals surface area contributed by atoms with Gasteiger partial charge in [0.25, 0.3) is 0 Å². The number of aromatic nitrogens is 2. The van der Waals surface area contributed by atoms with Crippen LogP contribution in [0.4, 0.5) is 10.2 Å². The summed E-state index contributed by atoms with van der Waals surface area (Å²) in [5.74, 6) is 5.36. The van der Waals surface area contributed by atoms with Crippen molar-refractivity contribution >= 4 is 33.3 Å². The molecular weight excluding hydrogens is 337 g/mol. The molecule has 0 radical (unpaired) electrons. The van der Waals surface area contributed by atoms with Crippen molar-refractivity contribution in [2.75, 3.05) is 5.73 Å². The van der Waals surface area contributed by atoms with Crippen molar-refractivity contribution in [1.82, 2.24) is 15.2 Å². The van der Waals surface area contributed by atoms with Crippen molar-refractivity contribution in [3.63, 3.8) is 0 Å². The summed E-state index contributed by atoms with van der Waals surface area (Å²) in [7, 11) is 1.69. The molecule has 1 aromatic heterocycles. The minimum atomic E-state index is -0.626. The lowest BCUT2D eigenvalue weighted by molar-refractivity contribution is 0.560. The van der Waals surface area contributed by atoms with Crippen molar-refractivity contribution in [3.8, 4) is 0 Å². The quantitative estimate of drug-likeness (QED) is 0.451. The monoisotopic (exact) mass is 347 g/mol. The number of nitrogen functional groups attached to an aromatic ring is 1. The van der Waals surface area contributed by atoms with Crippen molar-refractivity contribution in [2.45, 2.75) is 6.04 Å². The number of benzene rings is 1. The third-order valence-corrected chi connectivity index (χ3v) is 4.13. The van der Waals surface area contributed by atoms with Gasteiger partial charge >= 0.3 is 0 Å². The molecule has 0 aliphatic heterocycles. The number of halogens is 3. The second kappa shape index (κ2) is 5.46. The van der Waals surface area contributed by atoms with Crippen LogP contribution in [0.1, 0.15) is 17.2 Å². The number of rotatable bonds is 3. The minimum absolute atomic E-state index is 0.000196. The number of hydrazine groups is 1. The smallest absolute Gasteiger partial charge is 0.148 e. The Bertz CT molecular complexity index is 615. The second-order valence-corrected chi connectivity index (χ2v) is 5.21. The first-order valence-corrected chi connectivity index (χ1v) is 6.51. The molecule has 0 aliphatic carbocycles. The molecule has 8 heteroatoms. The molecule has 1 unspecified atom stereocenters. The first-order valence-electron chi connectivity index (χ1n) is 5.34. The number of nitrogens with one attached hydrogen (secondary N) is 1. The van der Waals surface area contributed by atoms with Gasteiger partial charge in [0.2, 0.25) is 0 Å². The van der Waals surface area contributed by atoms with Crippen LogP contribution < -0.4 is 17.0 Å². The Kier molecular flexibility index (Phi) is 4.10. The summed E-state index contributed by atoms with van der Waals surface area (Å²) in [6.45, 7) is 0. The Morgan fingerprint density at radius 1 is 1.47 bits per heavy atom. The van der Waals surface area contributed by atoms with Crippen LogP contribution in [-0.2, 0) is 7.05 Å². The van der Waals surface area contributed by atoms with E-state index in [9.17, 15) is 4.39 Å². The maximum atomic E-state index is 14.2. The SMILES string of the molecule is Cn1ncc(C(NN)c2ccc(Br)c(Cl)c2F)c1N. The van der Waals surface area contributed by atoms with E-state index in [1.54, 1.807) is 19.2 Å². The molecule has 5 N–H and O–H groups in total. The van der Waals surface area contributed by atoms with Gasteiger partial charge in [-0.3, -0.25) is 10.5 Å². The fourth-order valence-corrected chi connectivity index (χ4v) is 2.28. The zero-order valence-corrected chi connectivity index (χ0v) is 12.3. The van der Waals surface area contributed by atoms with Crippen molar-refractivity contribution in [1.29, 1.82) is 0 Å². The zero-order valence-electron chi connectivity index (χ0n) is 9.99.